The molecule has 0 atom stereocenters. The van der Waals surface area contributed by atoms with Gasteiger partial charge in [0.25, 0.3) is 5.89 Å². The number of fused-ring (bicyclic) bond motifs is 1. The first-order valence-electron chi connectivity index (χ1n) is 7.19. The molecule has 0 spiro atoms. The summed E-state index contributed by atoms with van der Waals surface area (Å²) in [5, 5.41) is 5.06. The first-order valence-corrected chi connectivity index (χ1v) is 7.19. The molecule has 5 heteroatoms. The van der Waals surface area contributed by atoms with Gasteiger partial charge in [-0.25, -0.2) is 0 Å². The second-order valence-electron chi connectivity index (χ2n) is 6.02. The Kier molecular flexibility index (Phi) is 2.50. The van der Waals surface area contributed by atoms with Crippen LogP contribution in [0.15, 0.2) is 27.1 Å². The fourth-order valence-electron chi connectivity index (χ4n) is 2.71. The van der Waals surface area contributed by atoms with E-state index >= 15 is 0 Å². The van der Waals surface area contributed by atoms with Crippen molar-refractivity contribution in [3.05, 3.63) is 35.2 Å². The lowest BCUT2D eigenvalue weighted by Gasteiger charge is -2.34. The Morgan fingerprint density at radius 1 is 1.14 bits per heavy atom. The molecule has 0 aliphatic heterocycles. The van der Waals surface area contributed by atoms with E-state index in [9.17, 15) is 0 Å². The highest BCUT2D eigenvalue weighted by Gasteiger charge is 2.39. The Labute approximate surface area is 122 Å². The maximum absolute atomic E-state index is 6.21. The molecule has 0 unspecified atom stereocenters. The number of benzene rings is 1. The van der Waals surface area contributed by atoms with Crippen molar-refractivity contribution in [3.63, 3.8) is 0 Å². The summed E-state index contributed by atoms with van der Waals surface area (Å²) in [5.41, 5.74) is 9.06. The molecular weight excluding hydrogens is 266 g/mol. The largest absolute Gasteiger partial charge is 0.451 e. The van der Waals surface area contributed by atoms with Gasteiger partial charge in [-0.3, -0.25) is 0 Å². The lowest BCUT2D eigenvalue weighted by atomic mass is 9.77. The standard InChI is InChI=1S/C16H17N3O2/c1-9-6-11-8-13(20-12(11)7-10(9)2)14-18-15(19-21-14)16(17)4-3-5-16/h6-8H,3-5,17H2,1-2H3. The van der Waals surface area contributed by atoms with E-state index in [0.717, 1.165) is 30.2 Å². The predicted octanol–water partition coefficient (Wildman–Crippen LogP) is 3.44. The van der Waals surface area contributed by atoms with Gasteiger partial charge in [0.15, 0.2) is 11.6 Å². The number of rotatable bonds is 2. The average molecular weight is 283 g/mol. The molecule has 1 aliphatic carbocycles. The third-order valence-electron chi connectivity index (χ3n) is 4.46. The van der Waals surface area contributed by atoms with Crippen molar-refractivity contribution in [3.8, 4) is 11.7 Å². The van der Waals surface area contributed by atoms with Crippen molar-refractivity contribution in [2.75, 3.05) is 0 Å². The number of aryl methyl sites for hydroxylation is 2. The molecule has 1 fully saturated rings. The molecule has 108 valence electrons. The SMILES string of the molecule is Cc1cc2cc(-c3nc(C4(N)CCC4)no3)oc2cc1C. The summed E-state index contributed by atoms with van der Waals surface area (Å²) >= 11 is 0. The monoisotopic (exact) mass is 283 g/mol. The van der Waals surface area contributed by atoms with E-state index in [0.29, 0.717) is 17.5 Å². The Balaban J connectivity index is 1.76. The predicted molar refractivity (Wildman–Crippen MR) is 78.7 cm³/mol. The minimum atomic E-state index is -0.416. The first-order chi connectivity index (χ1) is 10.0. The third-order valence-corrected chi connectivity index (χ3v) is 4.46. The summed E-state index contributed by atoms with van der Waals surface area (Å²) in [5.74, 6) is 1.57. The minimum Gasteiger partial charge on any atom is -0.451 e. The number of furan rings is 1. The third kappa shape index (κ3) is 1.88. The summed E-state index contributed by atoms with van der Waals surface area (Å²) in [6.07, 6.45) is 2.93. The molecule has 4 rings (SSSR count). The second-order valence-corrected chi connectivity index (χ2v) is 6.02. The highest BCUT2D eigenvalue weighted by molar-refractivity contribution is 5.83. The van der Waals surface area contributed by atoms with Crippen molar-refractivity contribution < 1.29 is 8.94 Å². The molecule has 3 aromatic rings. The van der Waals surface area contributed by atoms with Crippen molar-refractivity contribution in [2.45, 2.75) is 38.6 Å². The number of nitrogens with two attached hydrogens (primary N) is 1. The lowest BCUT2D eigenvalue weighted by molar-refractivity contribution is 0.229. The van der Waals surface area contributed by atoms with Gasteiger partial charge in [-0.15, -0.1) is 0 Å². The van der Waals surface area contributed by atoms with E-state index in [1.807, 2.05) is 12.1 Å². The highest BCUT2D eigenvalue weighted by Crippen LogP contribution is 2.38. The van der Waals surface area contributed by atoms with Gasteiger partial charge in [0, 0.05) is 5.39 Å². The molecule has 5 nitrogen and oxygen atoms in total. The molecule has 2 N–H and O–H groups in total. The van der Waals surface area contributed by atoms with Crippen molar-refractivity contribution >= 4 is 11.0 Å². The lowest BCUT2D eigenvalue weighted by Crippen LogP contribution is -2.44. The van der Waals surface area contributed by atoms with Gasteiger partial charge in [-0.2, -0.15) is 4.98 Å². The molecule has 21 heavy (non-hydrogen) atoms. The number of aromatic nitrogens is 2. The molecule has 1 aliphatic rings. The van der Waals surface area contributed by atoms with E-state index in [-0.39, 0.29) is 0 Å². The molecular formula is C16H17N3O2. The average Bonchev–Trinajstić information content (AvgIpc) is 3.03. The van der Waals surface area contributed by atoms with Crippen LogP contribution in [0.4, 0.5) is 0 Å². The van der Waals surface area contributed by atoms with Crippen LogP contribution in [0.3, 0.4) is 0 Å². The van der Waals surface area contributed by atoms with Gasteiger partial charge < -0.3 is 14.7 Å². The molecule has 0 saturated heterocycles. The van der Waals surface area contributed by atoms with Crippen LogP contribution < -0.4 is 5.73 Å². The van der Waals surface area contributed by atoms with Crippen LogP contribution in [-0.4, -0.2) is 10.1 Å². The van der Waals surface area contributed by atoms with Crippen LogP contribution in [0.2, 0.25) is 0 Å². The number of hydrogen-bond donors (Lipinski definition) is 1. The smallest absolute Gasteiger partial charge is 0.293 e. The van der Waals surface area contributed by atoms with Crippen LogP contribution >= 0.6 is 0 Å². The van der Waals surface area contributed by atoms with E-state index in [1.165, 1.54) is 11.1 Å². The highest BCUT2D eigenvalue weighted by atomic mass is 16.5. The van der Waals surface area contributed by atoms with Gasteiger partial charge in [0.1, 0.15) is 5.58 Å². The van der Waals surface area contributed by atoms with Gasteiger partial charge >= 0.3 is 0 Å². The fraction of sp³-hybridized carbons (Fsp3) is 0.375. The zero-order valence-corrected chi connectivity index (χ0v) is 12.1. The first kappa shape index (κ1) is 12.6. The van der Waals surface area contributed by atoms with Crippen molar-refractivity contribution in [1.29, 1.82) is 0 Å². The normalized spacial score (nSPS) is 17.1. The van der Waals surface area contributed by atoms with Crippen LogP contribution in [0.25, 0.3) is 22.6 Å². The number of nitrogens with zero attached hydrogens (tertiary/aromatic N) is 2. The Hall–Kier alpha value is -2.14. The van der Waals surface area contributed by atoms with Gasteiger partial charge in [0.2, 0.25) is 0 Å². The van der Waals surface area contributed by atoms with Gasteiger partial charge in [0.05, 0.1) is 5.54 Å². The van der Waals surface area contributed by atoms with Gasteiger partial charge in [-0.05, 0) is 62.4 Å². The summed E-state index contributed by atoms with van der Waals surface area (Å²) in [4.78, 5) is 4.42. The zero-order valence-electron chi connectivity index (χ0n) is 12.1. The van der Waals surface area contributed by atoms with E-state index in [1.54, 1.807) is 0 Å². The topological polar surface area (TPSA) is 78.1 Å². The van der Waals surface area contributed by atoms with Crippen LogP contribution in [0, 0.1) is 13.8 Å². The summed E-state index contributed by atoms with van der Waals surface area (Å²) in [6.45, 7) is 4.15. The fourth-order valence-corrected chi connectivity index (χ4v) is 2.71. The van der Waals surface area contributed by atoms with E-state index in [4.69, 9.17) is 14.7 Å². The number of hydrogen-bond acceptors (Lipinski definition) is 5. The molecule has 2 heterocycles. The Bertz CT molecular complexity index is 788. The minimum absolute atomic E-state index is 0.397. The zero-order chi connectivity index (χ0) is 14.6. The van der Waals surface area contributed by atoms with Crippen LogP contribution in [-0.2, 0) is 5.54 Å². The van der Waals surface area contributed by atoms with Crippen molar-refractivity contribution in [2.24, 2.45) is 5.73 Å². The quantitative estimate of drug-likeness (QED) is 0.779. The molecule has 0 bridgehead atoms. The Morgan fingerprint density at radius 2 is 1.90 bits per heavy atom. The maximum Gasteiger partial charge on any atom is 0.293 e. The van der Waals surface area contributed by atoms with E-state index in [2.05, 4.69) is 30.1 Å². The van der Waals surface area contributed by atoms with Gasteiger partial charge in [-0.1, -0.05) is 5.16 Å². The summed E-state index contributed by atoms with van der Waals surface area (Å²) in [6, 6.07) is 6.07. The summed E-state index contributed by atoms with van der Waals surface area (Å²) in [7, 11) is 0. The molecule has 1 aromatic carbocycles. The molecule has 0 radical (unpaired) electrons. The maximum atomic E-state index is 6.21. The molecule has 1 saturated carbocycles. The molecule has 2 aromatic heterocycles. The Morgan fingerprint density at radius 3 is 2.62 bits per heavy atom. The van der Waals surface area contributed by atoms with Crippen LogP contribution in [0.5, 0.6) is 0 Å². The van der Waals surface area contributed by atoms with E-state index < -0.39 is 5.54 Å². The van der Waals surface area contributed by atoms with Crippen LogP contribution in [0.1, 0.15) is 36.2 Å². The second kappa shape index (κ2) is 4.18. The molecule has 0 amide bonds. The summed E-state index contributed by atoms with van der Waals surface area (Å²) < 4.78 is 11.2. The van der Waals surface area contributed by atoms with Crippen molar-refractivity contribution in [1.82, 2.24) is 10.1 Å².